The van der Waals surface area contributed by atoms with Crippen molar-refractivity contribution in [2.75, 3.05) is 24.5 Å². The number of fused-ring (bicyclic) bond motifs is 3. The molecule has 1 fully saturated rings. The van der Waals surface area contributed by atoms with E-state index in [9.17, 15) is 0 Å². The van der Waals surface area contributed by atoms with Gasteiger partial charge in [-0.05, 0) is 56.3 Å². The van der Waals surface area contributed by atoms with Gasteiger partial charge in [0.15, 0.2) is 0 Å². The summed E-state index contributed by atoms with van der Waals surface area (Å²) in [7, 11) is 0. The highest BCUT2D eigenvalue weighted by Gasteiger charge is 2.44. The zero-order valence-electron chi connectivity index (χ0n) is 14.3. The molecule has 1 saturated heterocycles. The smallest absolute Gasteiger partial charge is 0.140 e. The van der Waals surface area contributed by atoms with Gasteiger partial charge in [-0.2, -0.15) is 0 Å². The molecule has 4 nitrogen and oxygen atoms in total. The van der Waals surface area contributed by atoms with E-state index in [0.29, 0.717) is 5.92 Å². The van der Waals surface area contributed by atoms with Crippen LogP contribution in [0.4, 0.5) is 11.5 Å². The first-order chi connectivity index (χ1) is 11.8. The molecule has 3 aliphatic rings. The summed E-state index contributed by atoms with van der Waals surface area (Å²) >= 11 is 0. The first-order valence-electron chi connectivity index (χ1n) is 9.20. The summed E-state index contributed by atoms with van der Waals surface area (Å²) in [6, 6.07) is 8.97. The predicted octanol–water partition coefficient (Wildman–Crippen LogP) is 3.30. The van der Waals surface area contributed by atoms with E-state index >= 15 is 0 Å². The van der Waals surface area contributed by atoms with Gasteiger partial charge in [-0.3, -0.25) is 0 Å². The lowest BCUT2D eigenvalue weighted by Gasteiger charge is -2.35. The van der Waals surface area contributed by atoms with Gasteiger partial charge in [0.2, 0.25) is 0 Å². The minimum absolute atomic E-state index is 0.279. The predicted molar refractivity (Wildman–Crippen MR) is 96.0 cm³/mol. The standard InChI is InChI=1S/C20H24N4/c1-14-6-7-16-18(14)19(23-13-22-16)24-12-20(8-10-21-11-9-20)15-4-2-3-5-17(15)24/h2-5,13-14,21H,6-12H2,1H3. The van der Waals surface area contributed by atoms with Crippen LogP contribution < -0.4 is 10.2 Å². The van der Waals surface area contributed by atoms with Crippen LogP contribution in [0.3, 0.4) is 0 Å². The summed E-state index contributed by atoms with van der Waals surface area (Å²) in [5.41, 5.74) is 5.81. The molecule has 1 aromatic heterocycles. The lowest BCUT2D eigenvalue weighted by atomic mass is 9.75. The molecule has 3 heterocycles. The van der Waals surface area contributed by atoms with Crippen LogP contribution in [0.1, 0.15) is 48.9 Å². The Morgan fingerprint density at radius 3 is 2.88 bits per heavy atom. The lowest BCUT2D eigenvalue weighted by molar-refractivity contribution is 0.329. The fourth-order valence-electron chi connectivity index (χ4n) is 4.99. The number of aryl methyl sites for hydroxylation is 1. The summed E-state index contributed by atoms with van der Waals surface area (Å²) in [4.78, 5) is 11.8. The maximum absolute atomic E-state index is 4.76. The Morgan fingerprint density at radius 2 is 2.00 bits per heavy atom. The fourth-order valence-corrected chi connectivity index (χ4v) is 4.99. The molecule has 24 heavy (non-hydrogen) atoms. The molecular weight excluding hydrogens is 296 g/mol. The molecule has 0 bridgehead atoms. The van der Waals surface area contributed by atoms with Crippen molar-refractivity contribution in [2.45, 2.75) is 43.9 Å². The number of anilines is 2. The minimum atomic E-state index is 0.279. The maximum atomic E-state index is 4.76. The van der Waals surface area contributed by atoms with Crippen LogP contribution in [0.15, 0.2) is 30.6 Å². The third kappa shape index (κ3) is 1.95. The van der Waals surface area contributed by atoms with Crippen molar-refractivity contribution >= 4 is 11.5 Å². The van der Waals surface area contributed by atoms with Gasteiger partial charge in [0.25, 0.3) is 0 Å². The summed E-state index contributed by atoms with van der Waals surface area (Å²) in [6.07, 6.45) is 6.48. The highest BCUT2D eigenvalue weighted by molar-refractivity contribution is 5.73. The molecule has 0 saturated carbocycles. The van der Waals surface area contributed by atoms with Crippen molar-refractivity contribution < 1.29 is 0 Å². The number of piperidine rings is 1. The zero-order chi connectivity index (χ0) is 16.1. The van der Waals surface area contributed by atoms with Crippen molar-refractivity contribution in [2.24, 2.45) is 0 Å². The van der Waals surface area contributed by atoms with E-state index in [4.69, 9.17) is 4.98 Å². The highest BCUT2D eigenvalue weighted by Crippen LogP contribution is 2.50. The molecule has 2 aromatic rings. The van der Waals surface area contributed by atoms with E-state index < -0.39 is 0 Å². The average Bonchev–Trinajstić information content (AvgIpc) is 3.16. The quantitative estimate of drug-likeness (QED) is 0.875. The molecule has 1 N–H and O–H groups in total. The Labute approximate surface area is 143 Å². The molecule has 0 radical (unpaired) electrons. The molecule has 4 heteroatoms. The van der Waals surface area contributed by atoms with Crippen molar-refractivity contribution in [1.82, 2.24) is 15.3 Å². The summed E-state index contributed by atoms with van der Waals surface area (Å²) in [5, 5.41) is 3.53. The fraction of sp³-hybridized carbons (Fsp3) is 0.500. The molecule has 2 aliphatic heterocycles. The van der Waals surface area contributed by atoms with Gasteiger partial charge < -0.3 is 10.2 Å². The van der Waals surface area contributed by atoms with Gasteiger partial charge in [0.05, 0.1) is 0 Å². The normalized spacial score (nSPS) is 24.2. The SMILES string of the molecule is CC1CCc2ncnc(N3CC4(CCNCC4)c4ccccc43)c21. The van der Waals surface area contributed by atoms with E-state index in [0.717, 1.165) is 31.9 Å². The van der Waals surface area contributed by atoms with Gasteiger partial charge in [-0.25, -0.2) is 9.97 Å². The van der Waals surface area contributed by atoms with Crippen LogP contribution in [0.25, 0.3) is 0 Å². The van der Waals surface area contributed by atoms with Gasteiger partial charge in [0, 0.05) is 28.9 Å². The molecular formula is C20H24N4. The average molecular weight is 320 g/mol. The second-order valence-corrected chi connectivity index (χ2v) is 7.63. The molecule has 1 aromatic carbocycles. The topological polar surface area (TPSA) is 41.1 Å². The summed E-state index contributed by atoms with van der Waals surface area (Å²) < 4.78 is 0. The van der Waals surface area contributed by atoms with Gasteiger partial charge >= 0.3 is 0 Å². The molecule has 1 atom stereocenters. The van der Waals surface area contributed by atoms with Crippen molar-refractivity contribution in [3.63, 3.8) is 0 Å². The van der Waals surface area contributed by atoms with Crippen LogP contribution in [0, 0.1) is 0 Å². The minimum Gasteiger partial charge on any atom is -0.325 e. The first kappa shape index (κ1) is 14.4. The van der Waals surface area contributed by atoms with Crippen LogP contribution in [-0.4, -0.2) is 29.6 Å². The van der Waals surface area contributed by atoms with Crippen LogP contribution in [-0.2, 0) is 11.8 Å². The van der Waals surface area contributed by atoms with E-state index in [1.54, 1.807) is 6.33 Å². The molecule has 0 amide bonds. The Morgan fingerprint density at radius 1 is 1.17 bits per heavy atom. The highest BCUT2D eigenvalue weighted by atomic mass is 15.2. The summed E-state index contributed by atoms with van der Waals surface area (Å²) in [6.45, 7) is 5.60. The van der Waals surface area contributed by atoms with E-state index in [-0.39, 0.29) is 5.41 Å². The van der Waals surface area contributed by atoms with Crippen molar-refractivity contribution in [1.29, 1.82) is 0 Å². The number of nitrogens with zero attached hydrogens (tertiary/aromatic N) is 3. The Balaban J connectivity index is 1.65. The third-order valence-electron chi connectivity index (χ3n) is 6.30. The Kier molecular flexibility index (Phi) is 3.17. The second kappa shape index (κ2) is 5.28. The zero-order valence-corrected chi connectivity index (χ0v) is 14.3. The van der Waals surface area contributed by atoms with Gasteiger partial charge in [-0.1, -0.05) is 25.1 Å². The van der Waals surface area contributed by atoms with Crippen molar-refractivity contribution in [3.8, 4) is 0 Å². The van der Waals surface area contributed by atoms with Crippen LogP contribution in [0.2, 0.25) is 0 Å². The number of hydrogen-bond donors (Lipinski definition) is 1. The Hall–Kier alpha value is -1.94. The number of hydrogen-bond acceptors (Lipinski definition) is 4. The van der Waals surface area contributed by atoms with E-state index in [1.165, 1.54) is 41.8 Å². The van der Waals surface area contributed by atoms with E-state index in [1.807, 2.05) is 0 Å². The molecule has 5 rings (SSSR count). The largest absolute Gasteiger partial charge is 0.325 e. The number of para-hydroxylation sites is 1. The molecule has 124 valence electrons. The van der Waals surface area contributed by atoms with Gasteiger partial charge in [-0.15, -0.1) is 0 Å². The summed E-state index contributed by atoms with van der Waals surface area (Å²) in [5.74, 6) is 1.72. The van der Waals surface area contributed by atoms with Gasteiger partial charge in [0.1, 0.15) is 12.1 Å². The molecule has 1 aliphatic carbocycles. The van der Waals surface area contributed by atoms with Crippen molar-refractivity contribution in [3.05, 3.63) is 47.4 Å². The monoisotopic (exact) mass is 320 g/mol. The Bertz CT molecular complexity index is 779. The van der Waals surface area contributed by atoms with Crippen LogP contribution in [0.5, 0.6) is 0 Å². The molecule has 1 unspecified atom stereocenters. The maximum Gasteiger partial charge on any atom is 0.140 e. The number of rotatable bonds is 1. The first-order valence-corrected chi connectivity index (χ1v) is 9.20. The third-order valence-corrected chi connectivity index (χ3v) is 6.30. The second-order valence-electron chi connectivity index (χ2n) is 7.63. The number of benzene rings is 1. The number of aromatic nitrogens is 2. The lowest BCUT2D eigenvalue weighted by Crippen LogP contribution is -2.42. The van der Waals surface area contributed by atoms with Crippen LogP contribution >= 0.6 is 0 Å². The number of nitrogens with one attached hydrogen (secondary N) is 1. The molecule has 1 spiro atoms. The van der Waals surface area contributed by atoms with E-state index in [2.05, 4.69) is 46.4 Å².